The van der Waals surface area contributed by atoms with E-state index in [1.54, 1.807) is 6.33 Å². The molecule has 1 atom stereocenters. The summed E-state index contributed by atoms with van der Waals surface area (Å²) >= 11 is 2.46. The van der Waals surface area contributed by atoms with E-state index in [1.165, 1.54) is 5.69 Å². The quantitative estimate of drug-likeness (QED) is 0.690. The van der Waals surface area contributed by atoms with Gasteiger partial charge >= 0.3 is 130 Å². The summed E-state index contributed by atoms with van der Waals surface area (Å²) in [6, 6.07) is 6.11. The molecule has 0 aliphatic carbocycles. The van der Waals surface area contributed by atoms with Crippen molar-refractivity contribution in [1.29, 1.82) is 0 Å². The van der Waals surface area contributed by atoms with Gasteiger partial charge in [0.15, 0.2) is 0 Å². The fraction of sp³-hybridized carbons (Fsp3) is 0.286. The third-order valence-corrected chi connectivity index (χ3v) is 4.61. The molecule has 1 saturated heterocycles. The average Bonchev–Trinajstić information content (AvgIpc) is 3.18. The van der Waals surface area contributed by atoms with Crippen LogP contribution in [0, 0.1) is 0 Å². The summed E-state index contributed by atoms with van der Waals surface area (Å²) in [6.07, 6.45) is 4.49. The number of rotatable bonds is 2. The molecule has 2 radical (unpaired) electrons. The first-order chi connectivity index (χ1) is 10.3. The van der Waals surface area contributed by atoms with Gasteiger partial charge in [-0.1, -0.05) is 0 Å². The molecular formula is C14H13AsN6. The molecule has 1 aliphatic rings. The number of H-pyrrole nitrogens is 1. The van der Waals surface area contributed by atoms with Crippen LogP contribution in [0.1, 0.15) is 18.0 Å². The second-order valence-corrected chi connectivity index (χ2v) is 6.07. The molecule has 6 nitrogen and oxygen atoms in total. The van der Waals surface area contributed by atoms with Crippen LogP contribution in [0.3, 0.4) is 0 Å². The van der Waals surface area contributed by atoms with Gasteiger partial charge in [0, 0.05) is 0 Å². The zero-order valence-electron chi connectivity index (χ0n) is 11.3. The van der Waals surface area contributed by atoms with Gasteiger partial charge in [-0.25, -0.2) is 0 Å². The Bertz CT molecular complexity index is 772. The minimum absolute atomic E-state index is 0.494. The molecule has 1 unspecified atom stereocenters. The first-order valence-corrected chi connectivity index (χ1v) is 7.80. The third kappa shape index (κ3) is 2.29. The fourth-order valence-electron chi connectivity index (χ4n) is 2.81. The van der Waals surface area contributed by atoms with Crippen LogP contribution in [-0.4, -0.2) is 55.1 Å². The Balaban J connectivity index is 1.64. The summed E-state index contributed by atoms with van der Waals surface area (Å²) in [5.74, 6) is 1.49. The van der Waals surface area contributed by atoms with Crippen molar-refractivity contribution in [2.24, 2.45) is 0 Å². The second-order valence-electron chi connectivity index (χ2n) is 5.18. The molecule has 1 N–H and O–H groups in total. The van der Waals surface area contributed by atoms with Crippen LogP contribution in [0.5, 0.6) is 0 Å². The Labute approximate surface area is 130 Å². The van der Waals surface area contributed by atoms with Gasteiger partial charge in [-0.05, 0) is 0 Å². The monoisotopic (exact) mass is 340 g/mol. The van der Waals surface area contributed by atoms with Crippen LogP contribution in [0.4, 0.5) is 5.82 Å². The second kappa shape index (κ2) is 5.11. The molecule has 0 aromatic carbocycles. The summed E-state index contributed by atoms with van der Waals surface area (Å²) in [4.78, 5) is 15.5. The summed E-state index contributed by atoms with van der Waals surface area (Å²) in [5, 5.41) is 7.11. The van der Waals surface area contributed by atoms with Crippen LogP contribution in [0.25, 0.3) is 11.0 Å². The third-order valence-electron chi connectivity index (χ3n) is 3.92. The molecule has 3 aromatic rings. The van der Waals surface area contributed by atoms with Crippen molar-refractivity contribution in [1.82, 2.24) is 25.1 Å². The number of fused-ring (bicyclic) bond motifs is 1. The molecule has 0 amide bonds. The zero-order valence-corrected chi connectivity index (χ0v) is 13.1. The van der Waals surface area contributed by atoms with Crippen molar-refractivity contribution in [3.8, 4) is 0 Å². The maximum absolute atomic E-state index is 4.73. The Hall–Kier alpha value is -1.94. The molecule has 1 aliphatic heterocycles. The summed E-state index contributed by atoms with van der Waals surface area (Å²) < 4.78 is 0.860. The number of anilines is 1. The predicted octanol–water partition coefficient (Wildman–Crippen LogP) is 0.536. The molecule has 4 rings (SSSR count). The Morgan fingerprint density at radius 3 is 3.05 bits per heavy atom. The van der Waals surface area contributed by atoms with E-state index in [1.807, 2.05) is 18.3 Å². The van der Waals surface area contributed by atoms with Crippen molar-refractivity contribution in [3.63, 3.8) is 0 Å². The molecule has 104 valence electrons. The number of nitrogens with one attached hydrogen (secondary N) is 1. The minimum atomic E-state index is 0.494. The molecule has 3 aromatic heterocycles. The van der Waals surface area contributed by atoms with Crippen molar-refractivity contribution in [3.05, 3.63) is 36.4 Å². The molecule has 0 bridgehead atoms. The topological polar surface area (TPSA) is 70.6 Å². The SMILES string of the molecule is [As]c1ncnc2ccc(N3CCC(c4ccn[nH]4)C3)nc12. The predicted molar refractivity (Wildman–Crippen MR) is 80.9 cm³/mol. The number of pyridine rings is 1. The Kier molecular flexibility index (Phi) is 3.11. The fourth-order valence-corrected chi connectivity index (χ4v) is 3.26. The van der Waals surface area contributed by atoms with Gasteiger partial charge in [0.2, 0.25) is 0 Å². The average molecular weight is 340 g/mol. The van der Waals surface area contributed by atoms with Gasteiger partial charge in [-0.2, -0.15) is 0 Å². The Morgan fingerprint density at radius 2 is 2.19 bits per heavy atom. The van der Waals surface area contributed by atoms with Gasteiger partial charge in [0.05, 0.1) is 0 Å². The van der Waals surface area contributed by atoms with E-state index in [9.17, 15) is 0 Å². The summed E-state index contributed by atoms with van der Waals surface area (Å²) in [7, 11) is 0. The van der Waals surface area contributed by atoms with Crippen LogP contribution in [-0.2, 0) is 0 Å². The van der Waals surface area contributed by atoms with Gasteiger partial charge in [0.25, 0.3) is 0 Å². The summed E-state index contributed by atoms with van der Waals surface area (Å²) in [6.45, 7) is 1.96. The van der Waals surface area contributed by atoms with Crippen LogP contribution in [0.2, 0.25) is 0 Å². The van der Waals surface area contributed by atoms with Crippen LogP contribution in [0.15, 0.2) is 30.7 Å². The van der Waals surface area contributed by atoms with E-state index in [-0.39, 0.29) is 0 Å². The van der Waals surface area contributed by atoms with Gasteiger partial charge in [0.1, 0.15) is 0 Å². The van der Waals surface area contributed by atoms with Gasteiger partial charge in [-0.15, -0.1) is 0 Å². The van der Waals surface area contributed by atoms with Crippen LogP contribution >= 0.6 is 0 Å². The molecule has 0 spiro atoms. The van der Waals surface area contributed by atoms with Crippen molar-refractivity contribution < 1.29 is 0 Å². The van der Waals surface area contributed by atoms with E-state index < -0.39 is 0 Å². The molecule has 7 heteroatoms. The zero-order chi connectivity index (χ0) is 14.2. The summed E-state index contributed by atoms with van der Waals surface area (Å²) in [5.41, 5.74) is 2.95. The number of aromatic amines is 1. The van der Waals surface area contributed by atoms with E-state index in [0.29, 0.717) is 5.92 Å². The maximum atomic E-state index is 4.73. The Morgan fingerprint density at radius 1 is 1.24 bits per heavy atom. The van der Waals surface area contributed by atoms with Crippen molar-refractivity contribution in [2.45, 2.75) is 12.3 Å². The molecule has 1 fully saturated rings. The molecule has 4 heterocycles. The number of hydrogen-bond donors (Lipinski definition) is 1. The van der Waals surface area contributed by atoms with Crippen LogP contribution < -0.4 is 9.38 Å². The van der Waals surface area contributed by atoms with Gasteiger partial charge < -0.3 is 0 Å². The van der Waals surface area contributed by atoms with Crippen molar-refractivity contribution >= 4 is 38.2 Å². The van der Waals surface area contributed by atoms with E-state index in [4.69, 9.17) is 4.98 Å². The van der Waals surface area contributed by atoms with E-state index in [2.05, 4.69) is 48.0 Å². The number of nitrogens with zero attached hydrogens (tertiary/aromatic N) is 5. The van der Waals surface area contributed by atoms with E-state index in [0.717, 1.165) is 40.8 Å². The standard InChI is InChI=1S/C14H13AsN6/c15-14-13-11(16-8-17-14)1-2-12(19-13)21-6-4-9(7-21)10-3-5-18-20-10/h1-3,5,8-9H,4,6-7H2,(H,18,20). The molecule has 0 saturated carbocycles. The normalized spacial score (nSPS) is 18.5. The molecular weight excluding hydrogens is 327 g/mol. The molecule has 21 heavy (non-hydrogen) atoms. The van der Waals surface area contributed by atoms with Crippen molar-refractivity contribution in [2.75, 3.05) is 18.0 Å². The number of aromatic nitrogens is 5. The first kappa shape index (κ1) is 12.8. The van der Waals surface area contributed by atoms with E-state index >= 15 is 0 Å². The first-order valence-electron chi connectivity index (χ1n) is 6.86. The van der Waals surface area contributed by atoms with Gasteiger partial charge in [-0.3, -0.25) is 0 Å². The number of hydrogen-bond acceptors (Lipinski definition) is 5.